The topological polar surface area (TPSA) is 86.2 Å². The third-order valence-corrected chi connectivity index (χ3v) is 7.13. The van der Waals surface area contributed by atoms with Gasteiger partial charge in [0.1, 0.15) is 0 Å². The average molecular weight is 351 g/mol. The molecule has 0 radical (unpaired) electrons. The van der Waals surface area contributed by atoms with Gasteiger partial charge in [0.25, 0.3) is 0 Å². The SMILES string of the molecule is Cc1ccc(C2C(S(=O)(=O)c3ccc(Cl)cc3)C2(N)CN)cc1. The first-order valence-corrected chi connectivity index (χ1v) is 9.28. The van der Waals surface area contributed by atoms with Crippen molar-refractivity contribution in [3.05, 3.63) is 64.7 Å². The summed E-state index contributed by atoms with van der Waals surface area (Å²) in [6, 6.07) is 13.9. The Morgan fingerprint density at radius 2 is 1.65 bits per heavy atom. The fourth-order valence-electron chi connectivity index (χ4n) is 3.16. The molecular weight excluding hydrogens is 332 g/mol. The second kappa shape index (κ2) is 5.60. The largest absolute Gasteiger partial charge is 0.329 e. The molecule has 1 aliphatic rings. The van der Waals surface area contributed by atoms with Crippen LogP contribution in [0.5, 0.6) is 0 Å². The molecule has 0 aliphatic heterocycles. The lowest BCUT2D eigenvalue weighted by Gasteiger charge is -2.09. The second-order valence-electron chi connectivity index (χ2n) is 6.12. The van der Waals surface area contributed by atoms with Crippen molar-refractivity contribution in [3.63, 3.8) is 0 Å². The molecule has 3 atom stereocenters. The van der Waals surface area contributed by atoms with Crippen molar-refractivity contribution < 1.29 is 8.42 Å². The lowest BCUT2D eigenvalue weighted by Crippen LogP contribution is -2.39. The molecular formula is C17H19ClN2O2S. The zero-order valence-electron chi connectivity index (χ0n) is 12.7. The smallest absolute Gasteiger partial charge is 0.183 e. The Labute approximate surface area is 141 Å². The van der Waals surface area contributed by atoms with E-state index in [2.05, 4.69) is 0 Å². The Balaban J connectivity index is 2.01. The number of benzene rings is 2. The number of hydrogen-bond donors (Lipinski definition) is 2. The Morgan fingerprint density at radius 1 is 1.09 bits per heavy atom. The molecule has 1 aliphatic carbocycles. The Morgan fingerprint density at radius 3 is 2.17 bits per heavy atom. The van der Waals surface area contributed by atoms with Crippen molar-refractivity contribution in [2.45, 2.75) is 28.5 Å². The molecule has 0 spiro atoms. The third kappa shape index (κ3) is 2.68. The third-order valence-electron chi connectivity index (χ3n) is 4.57. The van der Waals surface area contributed by atoms with E-state index in [1.807, 2.05) is 31.2 Å². The molecule has 23 heavy (non-hydrogen) atoms. The summed E-state index contributed by atoms with van der Waals surface area (Å²) in [4.78, 5) is 0.227. The van der Waals surface area contributed by atoms with Gasteiger partial charge in [-0.25, -0.2) is 8.42 Å². The summed E-state index contributed by atoms with van der Waals surface area (Å²) in [6.45, 7) is 2.10. The lowest BCUT2D eigenvalue weighted by molar-refractivity contribution is 0.586. The summed E-state index contributed by atoms with van der Waals surface area (Å²) < 4.78 is 25.9. The minimum atomic E-state index is -3.57. The summed E-state index contributed by atoms with van der Waals surface area (Å²) in [5.74, 6) is -0.297. The maximum absolute atomic E-state index is 13.0. The number of rotatable bonds is 4. The normalized spacial score (nSPS) is 27.0. The van der Waals surface area contributed by atoms with E-state index >= 15 is 0 Å². The van der Waals surface area contributed by atoms with Crippen LogP contribution in [0.2, 0.25) is 5.02 Å². The Hall–Kier alpha value is -1.40. The van der Waals surface area contributed by atoms with E-state index in [1.54, 1.807) is 12.1 Å². The maximum atomic E-state index is 13.0. The van der Waals surface area contributed by atoms with Crippen molar-refractivity contribution >= 4 is 21.4 Å². The van der Waals surface area contributed by atoms with Gasteiger partial charge < -0.3 is 11.5 Å². The van der Waals surface area contributed by atoms with Crippen LogP contribution in [0.3, 0.4) is 0 Å². The number of aryl methyl sites for hydroxylation is 1. The number of halogens is 1. The van der Waals surface area contributed by atoms with E-state index in [1.165, 1.54) is 12.1 Å². The van der Waals surface area contributed by atoms with Crippen molar-refractivity contribution in [2.75, 3.05) is 6.54 Å². The number of nitrogens with two attached hydrogens (primary N) is 2. The zero-order chi connectivity index (χ0) is 16.8. The van der Waals surface area contributed by atoms with E-state index in [9.17, 15) is 8.42 Å². The van der Waals surface area contributed by atoms with Gasteiger partial charge in [0.2, 0.25) is 0 Å². The van der Waals surface area contributed by atoms with Crippen LogP contribution in [0.4, 0.5) is 0 Å². The summed E-state index contributed by atoms with van der Waals surface area (Å²) in [5, 5.41) is -0.225. The van der Waals surface area contributed by atoms with Gasteiger partial charge in [0.05, 0.1) is 15.7 Å². The standard InChI is InChI=1S/C17H19ClN2O2S/c1-11-2-4-12(5-3-11)15-16(17(15,20)10-19)23(21,22)14-8-6-13(18)7-9-14/h2-9,15-16H,10,19-20H2,1H3. The quantitative estimate of drug-likeness (QED) is 0.885. The predicted octanol–water partition coefficient (Wildman–Crippen LogP) is 2.24. The summed E-state index contributed by atoms with van der Waals surface area (Å²) in [7, 11) is -3.57. The Bertz CT molecular complexity index is 819. The second-order valence-corrected chi connectivity index (χ2v) is 8.63. The summed E-state index contributed by atoms with van der Waals surface area (Å²) in [5.41, 5.74) is 13.2. The average Bonchev–Trinajstić information content (AvgIpc) is 3.16. The molecule has 3 rings (SSSR count). The van der Waals surface area contributed by atoms with Crippen molar-refractivity contribution in [2.24, 2.45) is 11.5 Å². The molecule has 0 aromatic heterocycles. The first kappa shape index (κ1) is 16.5. The van der Waals surface area contributed by atoms with E-state index in [0.29, 0.717) is 5.02 Å². The zero-order valence-corrected chi connectivity index (χ0v) is 14.3. The molecule has 0 bridgehead atoms. The minimum Gasteiger partial charge on any atom is -0.329 e. The van der Waals surface area contributed by atoms with Crippen LogP contribution >= 0.6 is 11.6 Å². The predicted molar refractivity (Wildman–Crippen MR) is 92.3 cm³/mol. The molecule has 4 N–H and O–H groups in total. The van der Waals surface area contributed by atoms with Gasteiger partial charge in [-0.05, 0) is 36.8 Å². The van der Waals surface area contributed by atoms with Gasteiger partial charge in [-0.2, -0.15) is 0 Å². The van der Waals surface area contributed by atoms with Crippen LogP contribution in [0.1, 0.15) is 17.0 Å². The molecule has 4 nitrogen and oxygen atoms in total. The van der Waals surface area contributed by atoms with Crippen LogP contribution in [0.25, 0.3) is 0 Å². The van der Waals surface area contributed by atoms with Crippen molar-refractivity contribution in [1.29, 1.82) is 0 Å². The molecule has 2 aromatic carbocycles. The summed E-state index contributed by atoms with van der Waals surface area (Å²) in [6.07, 6.45) is 0. The number of sulfone groups is 1. The van der Waals surface area contributed by atoms with Gasteiger partial charge >= 0.3 is 0 Å². The van der Waals surface area contributed by atoms with Crippen LogP contribution in [-0.4, -0.2) is 25.8 Å². The van der Waals surface area contributed by atoms with Gasteiger partial charge in [0.15, 0.2) is 9.84 Å². The molecule has 1 fully saturated rings. The van der Waals surface area contributed by atoms with Gasteiger partial charge in [-0.3, -0.25) is 0 Å². The lowest BCUT2D eigenvalue weighted by atomic mass is 10.1. The van der Waals surface area contributed by atoms with E-state index in [4.69, 9.17) is 23.1 Å². The molecule has 122 valence electrons. The first-order chi connectivity index (χ1) is 10.8. The minimum absolute atomic E-state index is 0.114. The number of hydrogen-bond acceptors (Lipinski definition) is 4. The van der Waals surface area contributed by atoms with E-state index in [-0.39, 0.29) is 17.4 Å². The Kier molecular flexibility index (Phi) is 4.01. The molecule has 0 amide bonds. The first-order valence-electron chi connectivity index (χ1n) is 7.35. The van der Waals surface area contributed by atoms with Gasteiger partial charge in [-0.15, -0.1) is 0 Å². The maximum Gasteiger partial charge on any atom is 0.183 e. The van der Waals surface area contributed by atoms with Crippen LogP contribution < -0.4 is 11.5 Å². The summed E-state index contributed by atoms with van der Waals surface area (Å²) >= 11 is 5.84. The molecule has 6 heteroatoms. The molecule has 2 aromatic rings. The monoisotopic (exact) mass is 350 g/mol. The highest BCUT2D eigenvalue weighted by atomic mass is 35.5. The highest BCUT2D eigenvalue weighted by molar-refractivity contribution is 7.92. The van der Waals surface area contributed by atoms with E-state index in [0.717, 1.165) is 11.1 Å². The van der Waals surface area contributed by atoms with E-state index < -0.39 is 20.6 Å². The van der Waals surface area contributed by atoms with Crippen LogP contribution in [0, 0.1) is 6.92 Å². The van der Waals surface area contributed by atoms with Gasteiger partial charge in [0, 0.05) is 17.5 Å². The fourth-order valence-corrected chi connectivity index (χ4v) is 5.61. The molecule has 3 unspecified atom stereocenters. The van der Waals surface area contributed by atoms with Crippen molar-refractivity contribution in [3.8, 4) is 0 Å². The molecule has 0 saturated heterocycles. The molecule has 1 saturated carbocycles. The fraction of sp³-hybridized carbons (Fsp3) is 0.294. The van der Waals surface area contributed by atoms with Crippen LogP contribution in [-0.2, 0) is 9.84 Å². The van der Waals surface area contributed by atoms with Crippen LogP contribution in [0.15, 0.2) is 53.4 Å². The highest BCUT2D eigenvalue weighted by Crippen LogP contribution is 2.55. The van der Waals surface area contributed by atoms with Gasteiger partial charge in [-0.1, -0.05) is 41.4 Å². The highest BCUT2D eigenvalue weighted by Gasteiger charge is 2.68. The van der Waals surface area contributed by atoms with Crippen molar-refractivity contribution in [1.82, 2.24) is 0 Å². The molecule has 0 heterocycles.